The topological polar surface area (TPSA) is 78.9 Å². The molecule has 0 aliphatic rings. The quantitative estimate of drug-likeness (QED) is 0.0261. The standard InChI is InChI=1S/C71H118O6/c1-4-7-10-13-16-19-21-23-25-27-29-31-32-33-34-35-36-37-38-40-41-43-45-47-49-52-55-58-61-64-70(73)76-67-68(66-75-69(72)63-60-57-54-51-18-15-12-9-6-3)77-71(74)65-62-59-56-53-50-48-46-44-42-39-30-28-26-24-22-20-17-14-11-8-5-2/h7,10,16,19,22-25,28-31,33-34,36-37,40-41,45,47,68H,4-6,8-9,11-15,17-18,20-21,26-27,32,35,38-39,42-44,46,48-67H2,1-3H3/b10-7-,19-16-,24-22-,25-23-,30-28-,31-29-,34-33-,37-36-,41-40-,47-45-. The normalized spacial score (nSPS) is 12.9. The van der Waals surface area contributed by atoms with E-state index in [-0.39, 0.29) is 31.1 Å². The van der Waals surface area contributed by atoms with E-state index in [1.165, 1.54) is 122 Å². The molecular formula is C71H118O6. The van der Waals surface area contributed by atoms with Crippen molar-refractivity contribution in [1.82, 2.24) is 0 Å². The molecule has 0 rings (SSSR count). The second kappa shape index (κ2) is 64.3. The third-order valence-electron chi connectivity index (χ3n) is 13.5. The summed E-state index contributed by atoms with van der Waals surface area (Å²) in [5.74, 6) is -0.918. The zero-order valence-corrected chi connectivity index (χ0v) is 50.2. The van der Waals surface area contributed by atoms with Crippen molar-refractivity contribution in [2.24, 2.45) is 0 Å². The maximum absolute atomic E-state index is 12.9. The van der Waals surface area contributed by atoms with Crippen LogP contribution in [0.4, 0.5) is 0 Å². The minimum Gasteiger partial charge on any atom is -0.462 e. The molecule has 0 saturated carbocycles. The van der Waals surface area contributed by atoms with E-state index in [1.54, 1.807) is 0 Å². The summed E-state index contributed by atoms with van der Waals surface area (Å²) in [4.78, 5) is 38.2. The molecule has 6 heteroatoms. The molecule has 0 aromatic heterocycles. The van der Waals surface area contributed by atoms with Crippen molar-refractivity contribution in [3.8, 4) is 0 Å². The molecule has 1 atom stereocenters. The van der Waals surface area contributed by atoms with E-state index in [1.807, 2.05) is 0 Å². The molecule has 0 fully saturated rings. The van der Waals surface area contributed by atoms with Gasteiger partial charge < -0.3 is 14.2 Å². The van der Waals surface area contributed by atoms with Crippen molar-refractivity contribution in [2.45, 2.75) is 297 Å². The molecule has 1 unspecified atom stereocenters. The Bertz CT molecular complexity index is 1600. The molecular weight excluding hydrogens is 949 g/mol. The molecule has 77 heavy (non-hydrogen) atoms. The van der Waals surface area contributed by atoms with Crippen LogP contribution in [0.5, 0.6) is 0 Å². The van der Waals surface area contributed by atoms with Crippen LogP contribution in [0.25, 0.3) is 0 Å². The van der Waals surface area contributed by atoms with Gasteiger partial charge in [0.15, 0.2) is 6.10 Å². The Morgan fingerprint density at radius 1 is 0.273 bits per heavy atom. The van der Waals surface area contributed by atoms with Crippen LogP contribution in [0.15, 0.2) is 122 Å². The minimum absolute atomic E-state index is 0.0883. The number of ether oxygens (including phenoxy) is 3. The number of unbranched alkanes of at least 4 members (excludes halogenated alkanes) is 26. The van der Waals surface area contributed by atoms with Crippen LogP contribution < -0.4 is 0 Å². The Morgan fingerprint density at radius 3 is 0.792 bits per heavy atom. The summed E-state index contributed by atoms with van der Waals surface area (Å²) >= 11 is 0. The zero-order chi connectivity index (χ0) is 55.7. The SMILES string of the molecule is CC/C=C\C/C=C\C/C=C\C/C=C\C/C=C\C/C=C\C/C=C\C/C=C\CCCCCCC(=O)OCC(COC(=O)CCCCCCCCCCC)OC(=O)CCCCCCCCCCC/C=C\C/C=C\CCCCCCC. The van der Waals surface area contributed by atoms with Gasteiger partial charge in [-0.3, -0.25) is 14.4 Å². The molecule has 0 saturated heterocycles. The van der Waals surface area contributed by atoms with Crippen molar-refractivity contribution in [1.29, 1.82) is 0 Å². The predicted molar refractivity (Wildman–Crippen MR) is 334 cm³/mol. The van der Waals surface area contributed by atoms with E-state index in [0.29, 0.717) is 19.3 Å². The highest BCUT2D eigenvalue weighted by atomic mass is 16.6. The van der Waals surface area contributed by atoms with Crippen molar-refractivity contribution in [3.05, 3.63) is 122 Å². The Hall–Kier alpha value is -4.19. The molecule has 0 bridgehead atoms. The van der Waals surface area contributed by atoms with Gasteiger partial charge in [-0.15, -0.1) is 0 Å². The van der Waals surface area contributed by atoms with Crippen molar-refractivity contribution in [2.75, 3.05) is 13.2 Å². The first kappa shape index (κ1) is 72.8. The summed E-state index contributed by atoms with van der Waals surface area (Å²) in [5, 5.41) is 0. The molecule has 0 aromatic rings. The lowest BCUT2D eigenvalue weighted by Crippen LogP contribution is -2.30. The smallest absolute Gasteiger partial charge is 0.306 e. The average molecular weight is 1070 g/mol. The lowest BCUT2D eigenvalue weighted by atomic mass is 10.1. The first-order valence-corrected chi connectivity index (χ1v) is 32.0. The summed E-state index contributed by atoms with van der Waals surface area (Å²) < 4.78 is 16.9. The largest absolute Gasteiger partial charge is 0.462 e. The van der Waals surface area contributed by atoms with Crippen LogP contribution in [0.2, 0.25) is 0 Å². The molecule has 0 amide bonds. The molecule has 0 aromatic carbocycles. The van der Waals surface area contributed by atoms with E-state index in [9.17, 15) is 14.4 Å². The van der Waals surface area contributed by atoms with E-state index in [2.05, 4.69) is 142 Å². The molecule has 6 nitrogen and oxygen atoms in total. The Labute approximate surface area is 475 Å². The maximum atomic E-state index is 12.9. The van der Waals surface area contributed by atoms with Gasteiger partial charge in [-0.05, 0) is 116 Å². The summed E-state index contributed by atoms with van der Waals surface area (Å²) in [6.45, 7) is 6.48. The Morgan fingerprint density at radius 2 is 0.506 bits per heavy atom. The summed E-state index contributed by atoms with van der Waals surface area (Å²) in [5.41, 5.74) is 0. The highest BCUT2D eigenvalue weighted by Crippen LogP contribution is 2.15. The monoisotopic (exact) mass is 1070 g/mol. The van der Waals surface area contributed by atoms with Gasteiger partial charge in [0.05, 0.1) is 0 Å². The molecule has 0 N–H and O–H groups in total. The van der Waals surface area contributed by atoms with Gasteiger partial charge in [-0.2, -0.15) is 0 Å². The maximum Gasteiger partial charge on any atom is 0.306 e. The van der Waals surface area contributed by atoms with Crippen LogP contribution in [-0.4, -0.2) is 37.2 Å². The molecule has 0 spiro atoms. The Balaban J connectivity index is 4.31. The fourth-order valence-corrected chi connectivity index (χ4v) is 8.67. The van der Waals surface area contributed by atoms with Crippen LogP contribution in [-0.2, 0) is 28.6 Å². The first-order chi connectivity index (χ1) is 38.0. The van der Waals surface area contributed by atoms with Crippen molar-refractivity contribution >= 4 is 17.9 Å². The van der Waals surface area contributed by atoms with Gasteiger partial charge in [-0.1, -0.05) is 277 Å². The Kier molecular flexibility index (Phi) is 60.8. The number of esters is 3. The van der Waals surface area contributed by atoms with E-state index >= 15 is 0 Å². The highest BCUT2D eigenvalue weighted by Gasteiger charge is 2.19. The van der Waals surface area contributed by atoms with Gasteiger partial charge in [-0.25, -0.2) is 0 Å². The van der Waals surface area contributed by atoms with Gasteiger partial charge >= 0.3 is 17.9 Å². The number of hydrogen-bond acceptors (Lipinski definition) is 6. The number of rotatable bonds is 57. The predicted octanol–water partition coefficient (Wildman–Crippen LogP) is 22.0. The third kappa shape index (κ3) is 62.5. The lowest BCUT2D eigenvalue weighted by molar-refractivity contribution is -0.167. The molecule has 0 aliphatic carbocycles. The van der Waals surface area contributed by atoms with Gasteiger partial charge in [0, 0.05) is 19.3 Å². The van der Waals surface area contributed by atoms with Crippen molar-refractivity contribution < 1.29 is 28.6 Å². The summed E-state index contributed by atoms with van der Waals surface area (Å²) in [6, 6.07) is 0. The fourth-order valence-electron chi connectivity index (χ4n) is 8.67. The van der Waals surface area contributed by atoms with Crippen LogP contribution >= 0.6 is 0 Å². The van der Waals surface area contributed by atoms with Crippen LogP contribution in [0, 0.1) is 0 Å². The number of carbonyl (C=O) groups excluding carboxylic acids is 3. The van der Waals surface area contributed by atoms with Crippen molar-refractivity contribution in [3.63, 3.8) is 0 Å². The number of allylic oxidation sites excluding steroid dienone is 20. The second-order valence-corrected chi connectivity index (χ2v) is 20.9. The molecule has 0 radical (unpaired) electrons. The summed E-state index contributed by atoms with van der Waals surface area (Å²) in [7, 11) is 0. The third-order valence-corrected chi connectivity index (χ3v) is 13.5. The molecule has 0 heterocycles. The van der Waals surface area contributed by atoms with Crippen LogP contribution in [0.1, 0.15) is 290 Å². The van der Waals surface area contributed by atoms with Gasteiger partial charge in [0.25, 0.3) is 0 Å². The first-order valence-electron chi connectivity index (χ1n) is 32.0. The summed E-state index contributed by atoms with van der Waals surface area (Å²) in [6.07, 6.45) is 89.2. The lowest BCUT2D eigenvalue weighted by Gasteiger charge is -2.18. The molecule has 438 valence electrons. The van der Waals surface area contributed by atoms with E-state index in [4.69, 9.17) is 14.2 Å². The van der Waals surface area contributed by atoms with Gasteiger partial charge in [0.1, 0.15) is 13.2 Å². The average Bonchev–Trinajstić information content (AvgIpc) is 3.43. The minimum atomic E-state index is -0.793. The fraction of sp³-hybridized carbons (Fsp3) is 0.676. The van der Waals surface area contributed by atoms with E-state index < -0.39 is 6.10 Å². The zero-order valence-electron chi connectivity index (χ0n) is 50.2. The highest BCUT2D eigenvalue weighted by molar-refractivity contribution is 5.71. The molecule has 0 aliphatic heterocycles. The van der Waals surface area contributed by atoms with E-state index in [0.717, 1.165) is 128 Å². The number of hydrogen-bond donors (Lipinski definition) is 0. The van der Waals surface area contributed by atoms with Gasteiger partial charge in [0.2, 0.25) is 0 Å². The van der Waals surface area contributed by atoms with Crippen LogP contribution in [0.3, 0.4) is 0 Å². The second-order valence-electron chi connectivity index (χ2n) is 20.9. The number of carbonyl (C=O) groups is 3.